The Morgan fingerprint density at radius 1 is 1.06 bits per heavy atom. The summed E-state index contributed by atoms with van der Waals surface area (Å²) in [6.45, 7) is 11.9. The third-order valence-corrected chi connectivity index (χ3v) is 3.39. The normalized spacial score (nSPS) is 13.9. The highest BCUT2D eigenvalue weighted by atomic mass is 16.5. The van der Waals surface area contributed by atoms with Crippen LogP contribution >= 0.6 is 0 Å². The van der Waals surface area contributed by atoms with Gasteiger partial charge in [0, 0.05) is 25.7 Å². The lowest BCUT2D eigenvalue weighted by atomic mass is 10.1. The third-order valence-electron chi connectivity index (χ3n) is 3.39. The van der Waals surface area contributed by atoms with Crippen molar-refractivity contribution in [3.05, 3.63) is 0 Å². The fourth-order valence-corrected chi connectivity index (χ4v) is 2.21. The lowest BCUT2D eigenvalue weighted by molar-refractivity contribution is 0.0759. The first-order valence-corrected chi connectivity index (χ1v) is 6.98. The predicted octanol–water partition coefficient (Wildman–Crippen LogP) is 2.37. The molecule has 0 saturated heterocycles. The van der Waals surface area contributed by atoms with Crippen molar-refractivity contribution in [2.24, 2.45) is 5.92 Å². The minimum Gasteiger partial charge on any atom is -0.383 e. The van der Waals surface area contributed by atoms with Crippen molar-refractivity contribution in [3.63, 3.8) is 0 Å². The fraction of sp³-hybridized carbons (Fsp3) is 1.00. The molecule has 0 aliphatic heterocycles. The number of methoxy groups -OCH3 is 1. The molecule has 0 aliphatic carbocycles. The van der Waals surface area contributed by atoms with E-state index in [4.69, 9.17) is 4.74 Å². The van der Waals surface area contributed by atoms with Gasteiger partial charge in [0.1, 0.15) is 0 Å². The molecular weight excluding hydrogens is 212 g/mol. The summed E-state index contributed by atoms with van der Waals surface area (Å²) in [5.41, 5.74) is 0. The summed E-state index contributed by atoms with van der Waals surface area (Å²) in [6, 6.07) is 1.14. The Bertz CT molecular complexity index is 170. The van der Waals surface area contributed by atoms with Gasteiger partial charge in [-0.25, -0.2) is 0 Å². The average Bonchev–Trinajstić information content (AvgIpc) is 2.29. The third kappa shape index (κ3) is 7.02. The molecule has 1 atom stereocenters. The Morgan fingerprint density at radius 3 is 2.06 bits per heavy atom. The van der Waals surface area contributed by atoms with Crippen LogP contribution in [0.2, 0.25) is 0 Å². The molecule has 104 valence electrons. The highest BCUT2D eigenvalue weighted by Crippen LogP contribution is 2.10. The molecule has 0 spiro atoms. The monoisotopic (exact) mass is 244 g/mol. The van der Waals surface area contributed by atoms with Gasteiger partial charge in [0.15, 0.2) is 0 Å². The van der Waals surface area contributed by atoms with E-state index in [-0.39, 0.29) is 0 Å². The maximum atomic E-state index is 5.34. The fourth-order valence-electron chi connectivity index (χ4n) is 2.21. The van der Waals surface area contributed by atoms with Crippen LogP contribution in [0.3, 0.4) is 0 Å². The molecule has 0 saturated carbocycles. The number of likely N-dealkylation sites (N-methyl/N-ethyl adjacent to an activating group) is 1. The lowest BCUT2D eigenvalue weighted by Gasteiger charge is -2.34. The summed E-state index contributed by atoms with van der Waals surface area (Å²) in [4.78, 5) is 2.47. The van der Waals surface area contributed by atoms with E-state index in [0.717, 1.165) is 19.7 Å². The van der Waals surface area contributed by atoms with E-state index in [2.05, 4.69) is 45.0 Å². The van der Waals surface area contributed by atoms with Gasteiger partial charge in [-0.05, 0) is 32.4 Å². The molecule has 0 aromatic carbocycles. The first kappa shape index (κ1) is 16.9. The number of nitrogens with zero attached hydrogens (tertiary/aromatic N) is 1. The molecule has 0 radical (unpaired) electrons. The van der Waals surface area contributed by atoms with Crippen molar-refractivity contribution in [3.8, 4) is 0 Å². The van der Waals surface area contributed by atoms with Crippen molar-refractivity contribution in [2.45, 2.75) is 52.6 Å². The van der Waals surface area contributed by atoms with E-state index in [0.29, 0.717) is 18.0 Å². The van der Waals surface area contributed by atoms with E-state index in [1.165, 1.54) is 12.8 Å². The van der Waals surface area contributed by atoms with E-state index in [1.54, 1.807) is 7.11 Å². The average molecular weight is 244 g/mol. The van der Waals surface area contributed by atoms with Gasteiger partial charge < -0.3 is 10.1 Å². The standard InChI is InChI=1S/C14H32N2O/c1-7-13(8-2)16(5)14(11-17-6)10-15-9-12(3)4/h12-15H,7-11H2,1-6H3. The summed E-state index contributed by atoms with van der Waals surface area (Å²) in [6.07, 6.45) is 2.41. The number of rotatable bonds is 10. The largest absolute Gasteiger partial charge is 0.383 e. The van der Waals surface area contributed by atoms with Crippen LogP contribution in [-0.4, -0.2) is 50.8 Å². The van der Waals surface area contributed by atoms with Crippen molar-refractivity contribution < 1.29 is 4.74 Å². The van der Waals surface area contributed by atoms with Crippen LogP contribution in [0.15, 0.2) is 0 Å². The van der Waals surface area contributed by atoms with E-state index < -0.39 is 0 Å². The molecule has 0 fully saturated rings. The van der Waals surface area contributed by atoms with E-state index in [1.807, 2.05) is 0 Å². The highest BCUT2D eigenvalue weighted by molar-refractivity contribution is 4.77. The summed E-state index contributed by atoms with van der Waals surface area (Å²) in [7, 11) is 4.01. The smallest absolute Gasteiger partial charge is 0.0630 e. The minimum absolute atomic E-state index is 0.476. The zero-order valence-electron chi connectivity index (χ0n) is 12.6. The Labute approximate surface area is 108 Å². The second-order valence-electron chi connectivity index (χ2n) is 5.30. The van der Waals surface area contributed by atoms with Gasteiger partial charge in [-0.15, -0.1) is 0 Å². The summed E-state index contributed by atoms with van der Waals surface area (Å²) < 4.78 is 5.34. The van der Waals surface area contributed by atoms with Crippen LogP contribution in [0.25, 0.3) is 0 Å². The van der Waals surface area contributed by atoms with Crippen LogP contribution in [-0.2, 0) is 4.74 Å². The molecule has 0 aromatic rings. The van der Waals surface area contributed by atoms with E-state index in [9.17, 15) is 0 Å². The Morgan fingerprint density at radius 2 is 1.65 bits per heavy atom. The molecule has 0 amide bonds. The first-order valence-electron chi connectivity index (χ1n) is 6.98. The number of hydrogen-bond acceptors (Lipinski definition) is 3. The molecule has 3 heteroatoms. The maximum absolute atomic E-state index is 5.34. The SMILES string of the molecule is CCC(CC)N(C)C(CNCC(C)C)COC. The Hall–Kier alpha value is -0.120. The Balaban J connectivity index is 4.18. The molecule has 3 nitrogen and oxygen atoms in total. The topological polar surface area (TPSA) is 24.5 Å². The molecule has 0 bridgehead atoms. The number of ether oxygens (including phenoxy) is 1. The van der Waals surface area contributed by atoms with Gasteiger partial charge in [0.05, 0.1) is 6.61 Å². The Kier molecular flexibility index (Phi) is 9.79. The van der Waals surface area contributed by atoms with Gasteiger partial charge in [-0.3, -0.25) is 4.90 Å². The summed E-state index contributed by atoms with van der Waals surface area (Å²) in [5, 5.41) is 3.53. The number of nitrogens with one attached hydrogen (secondary N) is 1. The van der Waals surface area contributed by atoms with Gasteiger partial charge >= 0.3 is 0 Å². The van der Waals surface area contributed by atoms with E-state index >= 15 is 0 Å². The molecule has 0 rings (SSSR count). The van der Waals surface area contributed by atoms with Crippen molar-refractivity contribution >= 4 is 0 Å². The van der Waals surface area contributed by atoms with Gasteiger partial charge in [0.25, 0.3) is 0 Å². The second-order valence-corrected chi connectivity index (χ2v) is 5.30. The maximum Gasteiger partial charge on any atom is 0.0630 e. The lowest BCUT2D eigenvalue weighted by Crippen LogP contribution is -2.48. The quantitative estimate of drug-likeness (QED) is 0.638. The van der Waals surface area contributed by atoms with Crippen LogP contribution < -0.4 is 5.32 Å². The number of hydrogen-bond donors (Lipinski definition) is 1. The van der Waals surface area contributed by atoms with Crippen LogP contribution in [0, 0.1) is 5.92 Å². The zero-order valence-corrected chi connectivity index (χ0v) is 12.6. The zero-order chi connectivity index (χ0) is 13.3. The molecular formula is C14H32N2O. The van der Waals surface area contributed by atoms with Crippen molar-refractivity contribution in [1.82, 2.24) is 10.2 Å². The van der Waals surface area contributed by atoms with Gasteiger partial charge in [0.2, 0.25) is 0 Å². The van der Waals surface area contributed by atoms with Crippen LogP contribution in [0.5, 0.6) is 0 Å². The molecule has 17 heavy (non-hydrogen) atoms. The van der Waals surface area contributed by atoms with Crippen LogP contribution in [0.1, 0.15) is 40.5 Å². The van der Waals surface area contributed by atoms with Crippen molar-refractivity contribution in [1.29, 1.82) is 0 Å². The summed E-state index contributed by atoms with van der Waals surface area (Å²) >= 11 is 0. The molecule has 0 heterocycles. The first-order chi connectivity index (χ1) is 8.06. The van der Waals surface area contributed by atoms with Crippen LogP contribution in [0.4, 0.5) is 0 Å². The molecule has 1 N–H and O–H groups in total. The van der Waals surface area contributed by atoms with Crippen molar-refractivity contribution in [2.75, 3.05) is 33.9 Å². The van der Waals surface area contributed by atoms with Gasteiger partial charge in [-0.2, -0.15) is 0 Å². The molecule has 0 aromatic heterocycles. The highest BCUT2D eigenvalue weighted by Gasteiger charge is 2.20. The molecule has 0 aliphatic rings. The summed E-state index contributed by atoms with van der Waals surface area (Å²) in [5.74, 6) is 0.705. The second kappa shape index (κ2) is 9.86. The minimum atomic E-state index is 0.476. The molecule has 1 unspecified atom stereocenters. The van der Waals surface area contributed by atoms with Gasteiger partial charge in [-0.1, -0.05) is 27.7 Å². The predicted molar refractivity (Wildman–Crippen MR) is 75.5 cm³/mol.